The summed E-state index contributed by atoms with van der Waals surface area (Å²) in [7, 11) is 1.46. The van der Waals surface area contributed by atoms with E-state index < -0.39 is 17.1 Å². The van der Waals surface area contributed by atoms with Crippen LogP contribution in [0.1, 0.15) is 5.56 Å². The minimum atomic E-state index is -0.598. The molecule has 0 unspecified atom stereocenters. The molecule has 0 amide bonds. The van der Waals surface area contributed by atoms with Gasteiger partial charge in [-0.3, -0.25) is 4.79 Å². The third-order valence-electron chi connectivity index (χ3n) is 2.44. The van der Waals surface area contributed by atoms with Crippen molar-refractivity contribution in [1.29, 1.82) is 5.26 Å². The molecule has 0 aliphatic rings. The van der Waals surface area contributed by atoms with Gasteiger partial charge in [0.1, 0.15) is 17.6 Å². The molecule has 4 nitrogen and oxygen atoms in total. The molecular formula is C11H7FN2O2. The molecule has 0 saturated carbocycles. The molecule has 1 N–H and O–H groups in total. The molecular weight excluding hydrogens is 211 g/mol. The Balaban J connectivity index is 3.10. The number of fused-ring (bicyclic) bond motifs is 1. The highest BCUT2D eigenvalue weighted by Crippen LogP contribution is 2.25. The Labute approximate surface area is 89.8 Å². The molecule has 0 aliphatic carbocycles. The Kier molecular flexibility index (Phi) is 2.13. The van der Waals surface area contributed by atoms with Crippen molar-refractivity contribution in [2.45, 2.75) is 0 Å². The zero-order chi connectivity index (χ0) is 11.9. The molecule has 0 aliphatic heterocycles. The van der Waals surface area contributed by atoms with Crippen molar-refractivity contribution in [3.05, 3.63) is 39.9 Å². The van der Waals surface area contributed by atoms with Gasteiger partial charge in [-0.1, -0.05) is 0 Å². The molecule has 1 aromatic heterocycles. The summed E-state index contributed by atoms with van der Waals surface area (Å²) >= 11 is 0. The summed E-state index contributed by atoms with van der Waals surface area (Å²) < 4.78 is 14.2. The van der Waals surface area contributed by atoms with Gasteiger partial charge in [0.05, 0.1) is 5.52 Å². The van der Waals surface area contributed by atoms with Gasteiger partial charge in [0.2, 0.25) is 0 Å². The lowest BCUT2D eigenvalue weighted by molar-refractivity contribution is 0.477. The zero-order valence-corrected chi connectivity index (χ0v) is 8.36. The summed E-state index contributed by atoms with van der Waals surface area (Å²) in [5.74, 6) is -1.01. The van der Waals surface area contributed by atoms with Gasteiger partial charge < -0.3 is 9.67 Å². The second-order valence-electron chi connectivity index (χ2n) is 3.36. The van der Waals surface area contributed by atoms with Crippen molar-refractivity contribution in [3.63, 3.8) is 0 Å². The monoisotopic (exact) mass is 218 g/mol. The number of rotatable bonds is 0. The van der Waals surface area contributed by atoms with Crippen LogP contribution < -0.4 is 5.56 Å². The Morgan fingerprint density at radius 1 is 1.50 bits per heavy atom. The Morgan fingerprint density at radius 2 is 2.19 bits per heavy atom. The number of halogens is 1. The largest absolute Gasteiger partial charge is 0.506 e. The van der Waals surface area contributed by atoms with Gasteiger partial charge >= 0.3 is 0 Å². The minimum absolute atomic E-state index is 0.152. The summed E-state index contributed by atoms with van der Waals surface area (Å²) in [6.07, 6.45) is 0. The Hall–Kier alpha value is -2.35. The summed E-state index contributed by atoms with van der Waals surface area (Å²) in [6, 6.07) is 5.27. The maximum Gasteiger partial charge on any atom is 0.272 e. The fourth-order valence-corrected chi connectivity index (χ4v) is 1.60. The number of nitriles is 1. The van der Waals surface area contributed by atoms with Crippen LogP contribution in [-0.4, -0.2) is 9.67 Å². The van der Waals surface area contributed by atoms with Crippen molar-refractivity contribution in [1.82, 2.24) is 4.57 Å². The number of nitrogens with zero attached hydrogens (tertiary/aromatic N) is 2. The third kappa shape index (κ3) is 1.24. The van der Waals surface area contributed by atoms with E-state index in [0.717, 1.165) is 6.07 Å². The van der Waals surface area contributed by atoms with E-state index >= 15 is 0 Å². The highest BCUT2D eigenvalue weighted by molar-refractivity contribution is 5.87. The normalized spacial score (nSPS) is 10.3. The van der Waals surface area contributed by atoms with Crippen molar-refractivity contribution >= 4 is 10.9 Å². The minimum Gasteiger partial charge on any atom is -0.506 e. The molecule has 0 spiro atoms. The average Bonchev–Trinajstić information content (AvgIpc) is 2.27. The number of hydrogen-bond acceptors (Lipinski definition) is 3. The topological polar surface area (TPSA) is 66.0 Å². The third-order valence-corrected chi connectivity index (χ3v) is 2.44. The number of aromatic nitrogens is 1. The smallest absolute Gasteiger partial charge is 0.272 e. The number of hydrogen-bond donors (Lipinski definition) is 1. The maximum absolute atomic E-state index is 13.0. The van der Waals surface area contributed by atoms with Crippen molar-refractivity contribution in [2.75, 3.05) is 0 Å². The summed E-state index contributed by atoms with van der Waals surface area (Å²) in [5.41, 5.74) is -0.595. The maximum atomic E-state index is 13.0. The van der Waals surface area contributed by atoms with Gasteiger partial charge in [-0.25, -0.2) is 4.39 Å². The van der Waals surface area contributed by atoms with Crippen LogP contribution in [0.25, 0.3) is 10.9 Å². The average molecular weight is 218 g/mol. The highest BCUT2D eigenvalue weighted by atomic mass is 19.1. The van der Waals surface area contributed by atoms with Gasteiger partial charge in [0, 0.05) is 12.4 Å². The standard InChI is InChI=1S/C11H7FN2O2/c1-14-9-3-2-6(12)4-7(9)10(15)8(5-13)11(14)16/h2-4,15H,1H3. The molecule has 0 radical (unpaired) electrons. The molecule has 0 atom stereocenters. The SMILES string of the molecule is Cn1c(=O)c(C#N)c(O)c2cc(F)ccc21. The number of aromatic hydroxyl groups is 1. The summed E-state index contributed by atoms with van der Waals surface area (Å²) in [6.45, 7) is 0. The van der Waals surface area contributed by atoms with E-state index in [9.17, 15) is 14.3 Å². The fraction of sp³-hybridized carbons (Fsp3) is 0.0909. The van der Waals surface area contributed by atoms with Crippen molar-refractivity contribution in [2.24, 2.45) is 7.05 Å². The second-order valence-corrected chi connectivity index (χ2v) is 3.36. The van der Waals surface area contributed by atoms with Gasteiger partial charge in [-0.2, -0.15) is 5.26 Å². The van der Waals surface area contributed by atoms with Crippen LogP contribution in [0, 0.1) is 17.1 Å². The fourth-order valence-electron chi connectivity index (χ4n) is 1.60. The van der Waals surface area contributed by atoms with Crippen LogP contribution in [0.3, 0.4) is 0 Å². The van der Waals surface area contributed by atoms with Gasteiger partial charge in [-0.15, -0.1) is 0 Å². The molecule has 2 aromatic rings. The lowest BCUT2D eigenvalue weighted by Crippen LogP contribution is -2.20. The highest BCUT2D eigenvalue weighted by Gasteiger charge is 2.14. The molecule has 0 fully saturated rings. The molecule has 16 heavy (non-hydrogen) atoms. The molecule has 1 heterocycles. The first-order valence-electron chi connectivity index (χ1n) is 4.47. The van der Waals surface area contributed by atoms with Gasteiger partial charge in [-0.05, 0) is 18.2 Å². The van der Waals surface area contributed by atoms with E-state index in [1.165, 1.54) is 23.7 Å². The molecule has 0 saturated heterocycles. The van der Waals surface area contributed by atoms with E-state index in [0.29, 0.717) is 5.52 Å². The van der Waals surface area contributed by atoms with E-state index in [1.807, 2.05) is 0 Å². The van der Waals surface area contributed by atoms with Crippen molar-refractivity contribution < 1.29 is 9.50 Å². The zero-order valence-electron chi connectivity index (χ0n) is 8.36. The molecule has 80 valence electrons. The second kappa shape index (κ2) is 3.35. The van der Waals surface area contributed by atoms with E-state index in [4.69, 9.17) is 5.26 Å². The number of pyridine rings is 1. The molecule has 1 aromatic carbocycles. The first kappa shape index (κ1) is 10.2. The van der Waals surface area contributed by atoms with E-state index in [2.05, 4.69) is 0 Å². The van der Waals surface area contributed by atoms with E-state index in [-0.39, 0.29) is 10.9 Å². The lowest BCUT2D eigenvalue weighted by atomic mass is 10.1. The Morgan fingerprint density at radius 3 is 2.81 bits per heavy atom. The predicted octanol–water partition coefficient (Wildman–Crippen LogP) is 1.25. The summed E-state index contributed by atoms with van der Waals surface area (Å²) in [5, 5.41) is 18.6. The van der Waals surface area contributed by atoms with Crippen LogP contribution >= 0.6 is 0 Å². The van der Waals surface area contributed by atoms with Crippen LogP contribution in [-0.2, 0) is 7.05 Å². The number of aryl methyl sites for hydroxylation is 1. The summed E-state index contributed by atoms with van der Waals surface area (Å²) in [4.78, 5) is 11.6. The quantitative estimate of drug-likeness (QED) is 0.723. The first-order valence-corrected chi connectivity index (χ1v) is 4.47. The van der Waals surface area contributed by atoms with Crippen LogP contribution in [0.15, 0.2) is 23.0 Å². The van der Waals surface area contributed by atoms with Gasteiger partial charge in [0.25, 0.3) is 5.56 Å². The van der Waals surface area contributed by atoms with Crippen LogP contribution in [0.5, 0.6) is 5.75 Å². The number of benzene rings is 1. The van der Waals surface area contributed by atoms with Gasteiger partial charge in [0.15, 0.2) is 5.56 Å². The Bertz CT molecular complexity index is 683. The lowest BCUT2D eigenvalue weighted by Gasteiger charge is -2.07. The van der Waals surface area contributed by atoms with Crippen LogP contribution in [0.2, 0.25) is 0 Å². The van der Waals surface area contributed by atoms with Crippen LogP contribution in [0.4, 0.5) is 4.39 Å². The first-order chi connectivity index (χ1) is 7.56. The predicted molar refractivity (Wildman–Crippen MR) is 55.5 cm³/mol. The van der Waals surface area contributed by atoms with Crippen molar-refractivity contribution in [3.8, 4) is 11.8 Å². The molecule has 0 bridgehead atoms. The molecule has 2 rings (SSSR count). The van der Waals surface area contributed by atoms with E-state index in [1.54, 1.807) is 6.07 Å². The molecule has 5 heteroatoms.